The third-order valence-corrected chi connectivity index (χ3v) is 3.78. The molecule has 1 fully saturated rings. The highest BCUT2D eigenvalue weighted by atomic mass is 16.5. The first-order chi connectivity index (χ1) is 10.2. The molecule has 4 nitrogen and oxygen atoms in total. The Labute approximate surface area is 127 Å². The Morgan fingerprint density at radius 1 is 1.38 bits per heavy atom. The molecule has 1 saturated carbocycles. The fourth-order valence-corrected chi connectivity index (χ4v) is 2.27. The number of ether oxygens (including phenoxy) is 1. The van der Waals surface area contributed by atoms with E-state index in [0.29, 0.717) is 6.54 Å². The molecule has 1 aromatic carbocycles. The summed E-state index contributed by atoms with van der Waals surface area (Å²) in [6.45, 7) is 6.36. The van der Waals surface area contributed by atoms with E-state index < -0.39 is 0 Å². The molecule has 0 bridgehead atoms. The second-order valence-corrected chi connectivity index (χ2v) is 5.72. The largest absolute Gasteiger partial charge is 0.381 e. The summed E-state index contributed by atoms with van der Waals surface area (Å²) in [6, 6.07) is 5.95. The van der Waals surface area contributed by atoms with Crippen LogP contribution in [-0.4, -0.2) is 25.8 Å². The number of anilines is 1. The van der Waals surface area contributed by atoms with Crippen molar-refractivity contribution in [1.29, 1.82) is 0 Å². The van der Waals surface area contributed by atoms with Gasteiger partial charge in [0.1, 0.15) is 0 Å². The standard InChI is InChI=1S/C17H26N2O2/c1-3-15-7-4-6-13(2)16(15)19-17(20)18-10-5-11-21-12-14-8-9-14/h4,6-7,14H,3,5,8-12H2,1-2H3,(H2,18,19,20). The number of nitrogens with one attached hydrogen (secondary N) is 2. The zero-order chi connectivity index (χ0) is 15.1. The van der Waals surface area contributed by atoms with Crippen LogP contribution in [0.5, 0.6) is 0 Å². The average Bonchev–Trinajstić information content (AvgIpc) is 3.29. The van der Waals surface area contributed by atoms with Gasteiger partial charge < -0.3 is 15.4 Å². The summed E-state index contributed by atoms with van der Waals surface area (Å²) in [7, 11) is 0. The quantitative estimate of drug-likeness (QED) is 0.720. The second kappa shape index (κ2) is 8.03. The number of rotatable bonds is 8. The van der Waals surface area contributed by atoms with Gasteiger partial charge in [-0.3, -0.25) is 0 Å². The monoisotopic (exact) mass is 290 g/mol. The summed E-state index contributed by atoms with van der Waals surface area (Å²) < 4.78 is 5.54. The highest BCUT2D eigenvalue weighted by Gasteiger charge is 2.20. The normalized spacial score (nSPS) is 14.0. The van der Waals surface area contributed by atoms with Crippen LogP contribution in [0.3, 0.4) is 0 Å². The average molecular weight is 290 g/mol. The molecule has 4 heteroatoms. The highest BCUT2D eigenvalue weighted by Crippen LogP contribution is 2.28. The van der Waals surface area contributed by atoms with Crippen LogP contribution >= 0.6 is 0 Å². The van der Waals surface area contributed by atoms with Gasteiger partial charge in [-0.1, -0.05) is 25.1 Å². The lowest BCUT2D eigenvalue weighted by Gasteiger charge is -2.13. The predicted molar refractivity (Wildman–Crippen MR) is 85.7 cm³/mol. The summed E-state index contributed by atoms with van der Waals surface area (Å²) in [4.78, 5) is 11.9. The Bertz CT molecular complexity index is 470. The molecule has 0 aliphatic heterocycles. The van der Waals surface area contributed by atoms with Crippen LogP contribution in [0.2, 0.25) is 0 Å². The van der Waals surface area contributed by atoms with Crippen LogP contribution in [0.1, 0.15) is 37.3 Å². The number of carbonyl (C=O) groups excluding carboxylic acids is 1. The minimum atomic E-state index is -0.138. The van der Waals surface area contributed by atoms with E-state index in [1.54, 1.807) is 0 Å². The highest BCUT2D eigenvalue weighted by molar-refractivity contribution is 5.91. The van der Waals surface area contributed by atoms with Crippen molar-refractivity contribution in [3.63, 3.8) is 0 Å². The smallest absolute Gasteiger partial charge is 0.319 e. The number of amides is 2. The Morgan fingerprint density at radius 3 is 2.90 bits per heavy atom. The lowest BCUT2D eigenvalue weighted by Crippen LogP contribution is -2.30. The maximum atomic E-state index is 11.9. The van der Waals surface area contributed by atoms with Crippen LogP contribution in [0, 0.1) is 12.8 Å². The van der Waals surface area contributed by atoms with Crippen molar-refractivity contribution in [2.45, 2.75) is 39.5 Å². The van der Waals surface area contributed by atoms with Crippen molar-refractivity contribution in [2.24, 2.45) is 5.92 Å². The summed E-state index contributed by atoms with van der Waals surface area (Å²) in [5, 5.41) is 5.84. The van der Waals surface area contributed by atoms with Gasteiger partial charge in [-0.25, -0.2) is 4.79 Å². The van der Waals surface area contributed by atoms with E-state index in [1.807, 2.05) is 25.1 Å². The molecule has 2 N–H and O–H groups in total. The fraction of sp³-hybridized carbons (Fsp3) is 0.588. The molecule has 0 saturated heterocycles. The first kappa shape index (κ1) is 15.8. The van der Waals surface area contributed by atoms with Crippen LogP contribution in [0.25, 0.3) is 0 Å². The van der Waals surface area contributed by atoms with Crippen molar-refractivity contribution in [1.82, 2.24) is 5.32 Å². The predicted octanol–water partition coefficient (Wildman–Crippen LogP) is 3.50. The SMILES string of the molecule is CCc1cccc(C)c1NC(=O)NCCCOCC1CC1. The van der Waals surface area contributed by atoms with Crippen LogP contribution in [0.15, 0.2) is 18.2 Å². The number of carbonyl (C=O) groups is 1. The van der Waals surface area contributed by atoms with E-state index >= 15 is 0 Å². The van der Waals surface area contributed by atoms with E-state index in [2.05, 4.69) is 17.6 Å². The topological polar surface area (TPSA) is 50.4 Å². The molecule has 0 radical (unpaired) electrons. The minimum Gasteiger partial charge on any atom is -0.381 e. The third kappa shape index (κ3) is 5.38. The Kier molecular flexibility index (Phi) is 6.05. The Hall–Kier alpha value is -1.55. The molecule has 2 amide bonds. The van der Waals surface area contributed by atoms with Crippen molar-refractivity contribution in [3.8, 4) is 0 Å². The third-order valence-electron chi connectivity index (χ3n) is 3.78. The van der Waals surface area contributed by atoms with Gasteiger partial charge >= 0.3 is 6.03 Å². The zero-order valence-electron chi connectivity index (χ0n) is 13.1. The summed E-state index contributed by atoms with van der Waals surface area (Å²) in [6.07, 6.45) is 4.40. The second-order valence-electron chi connectivity index (χ2n) is 5.72. The van der Waals surface area contributed by atoms with E-state index in [-0.39, 0.29) is 6.03 Å². The van der Waals surface area contributed by atoms with Crippen LogP contribution in [-0.2, 0) is 11.2 Å². The number of hydrogen-bond acceptors (Lipinski definition) is 2. The molecule has 2 rings (SSSR count). The zero-order valence-corrected chi connectivity index (χ0v) is 13.1. The minimum absolute atomic E-state index is 0.138. The number of benzene rings is 1. The van der Waals surface area contributed by atoms with E-state index in [0.717, 1.165) is 48.8 Å². The van der Waals surface area contributed by atoms with E-state index in [4.69, 9.17) is 4.74 Å². The van der Waals surface area contributed by atoms with Crippen molar-refractivity contribution in [3.05, 3.63) is 29.3 Å². The van der Waals surface area contributed by atoms with Crippen molar-refractivity contribution < 1.29 is 9.53 Å². The van der Waals surface area contributed by atoms with Gasteiger partial charge in [-0.05, 0) is 49.7 Å². The first-order valence-corrected chi connectivity index (χ1v) is 7.91. The molecule has 1 aromatic rings. The molecule has 0 heterocycles. The molecule has 0 unspecified atom stereocenters. The molecule has 116 valence electrons. The fourth-order valence-electron chi connectivity index (χ4n) is 2.27. The lowest BCUT2D eigenvalue weighted by atomic mass is 10.1. The van der Waals surface area contributed by atoms with Gasteiger partial charge in [0.2, 0.25) is 0 Å². The summed E-state index contributed by atoms with van der Waals surface area (Å²) in [5.74, 6) is 0.801. The van der Waals surface area contributed by atoms with Crippen molar-refractivity contribution >= 4 is 11.7 Å². The van der Waals surface area contributed by atoms with E-state index in [9.17, 15) is 4.79 Å². The summed E-state index contributed by atoms with van der Waals surface area (Å²) in [5.41, 5.74) is 3.19. The molecular weight excluding hydrogens is 264 g/mol. The maximum Gasteiger partial charge on any atom is 0.319 e. The van der Waals surface area contributed by atoms with Gasteiger partial charge in [-0.2, -0.15) is 0 Å². The van der Waals surface area contributed by atoms with Crippen molar-refractivity contribution in [2.75, 3.05) is 25.1 Å². The molecule has 0 aromatic heterocycles. The number of para-hydroxylation sites is 1. The number of hydrogen-bond donors (Lipinski definition) is 2. The molecule has 1 aliphatic carbocycles. The number of aryl methyl sites for hydroxylation is 2. The van der Waals surface area contributed by atoms with Crippen LogP contribution in [0.4, 0.5) is 10.5 Å². The van der Waals surface area contributed by atoms with Crippen LogP contribution < -0.4 is 10.6 Å². The first-order valence-electron chi connectivity index (χ1n) is 7.91. The maximum absolute atomic E-state index is 11.9. The van der Waals surface area contributed by atoms with E-state index in [1.165, 1.54) is 12.8 Å². The van der Waals surface area contributed by atoms with Gasteiger partial charge in [0.15, 0.2) is 0 Å². The number of urea groups is 1. The molecule has 0 spiro atoms. The van der Waals surface area contributed by atoms with Gasteiger partial charge in [0.25, 0.3) is 0 Å². The molecule has 21 heavy (non-hydrogen) atoms. The summed E-state index contributed by atoms with van der Waals surface area (Å²) >= 11 is 0. The Morgan fingerprint density at radius 2 is 2.19 bits per heavy atom. The molecule has 1 aliphatic rings. The molecular formula is C17H26N2O2. The Balaban J connectivity index is 1.66. The van der Waals surface area contributed by atoms with Gasteiger partial charge in [0.05, 0.1) is 0 Å². The lowest BCUT2D eigenvalue weighted by molar-refractivity contribution is 0.122. The van der Waals surface area contributed by atoms with Gasteiger partial charge in [0, 0.05) is 25.4 Å². The molecule has 0 atom stereocenters. The van der Waals surface area contributed by atoms with Gasteiger partial charge in [-0.15, -0.1) is 0 Å².